The monoisotopic (exact) mass is 434 g/mol. The lowest BCUT2D eigenvalue weighted by Crippen LogP contribution is -2.24. The van der Waals surface area contributed by atoms with E-state index in [9.17, 15) is 4.79 Å². The molecule has 0 amide bonds. The molecule has 2 aliphatic rings. The van der Waals surface area contributed by atoms with Gasteiger partial charge in [0.2, 0.25) is 0 Å². The number of carbonyl (C=O) groups excluding carboxylic acids is 1. The quantitative estimate of drug-likeness (QED) is 0.236. The lowest BCUT2D eigenvalue weighted by Gasteiger charge is -2.26. The van der Waals surface area contributed by atoms with Crippen LogP contribution < -0.4 is 0 Å². The summed E-state index contributed by atoms with van der Waals surface area (Å²) in [6.07, 6.45) is 20.4. The Kier molecular flexibility index (Phi) is 10.4. The van der Waals surface area contributed by atoms with Crippen LogP contribution in [0.15, 0.2) is 36.4 Å². The molecule has 0 spiro atoms. The van der Waals surface area contributed by atoms with Crippen LogP contribution in [-0.2, 0) is 11.2 Å². The molecule has 0 aromatic heterocycles. The molecule has 0 saturated heterocycles. The van der Waals surface area contributed by atoms with Crippen LogP contribution in [0.2, 0.25) is 0 Å². The summed E-state index contributed by atoms with van der Waals surface area (Å²) in [6.45, 7) is 4.40. The molecule has 32 heavy (non-hydrogen) atoms. The van der Waals surface area contributed by atoms with Gasteiger partial charge in [0.1, 0.15) is 6.10 Å². The number of unbranched alkanes of at least 4 members (excludes halogenated alkanes) is 2. The van der Waals surface area contributed by atoms with Gasteiger partial charge in [-0.15, -0.1) is 0 Å². The van der Waals surface area contributed by atoms with Gasteiger partial charge in [-0.25, -0.2) is 4.79 Å². The predicted octanol–water partition coefficient (Wildman–Crippen LogP) is 7.91. The van der Waals surface area contributed by atoms with Crippen molar-refractivity contribution in [1.82, 2.24) is 0 Å². The largest absolute Gasteiger partial charge is 0.459 e. The number of ether oxygens (including phenoxy) is 1. The van der Waals surface area contributed by atoms with E-state index in [2.05, 4.69) is 37.8 Å². The second-order valence-corrected chi connectivity index (χ2v) is 9.85. The third-order valence-electron chi connectivity index (χ3n) is 7.39. The van der Waals surface area contributed by atoms with Crippen molar-refractivity contribution in [2.45, 2.75) is 103 Å². The van der Waals surface area contributed by atoms with Crippen molar-refractivity contribution in [2.24, 2.45) is 17.8 Å². The fourth-order valence-electron chi connectivity index (χ4n) is 5.12. The number of esters is 1. The summed E-state index contributed by atoms with van der Waals surface area (Å²) in [5, 5.41) is 0. The number of allylic oxidation sites excluding steroid dienone is 2. The van der Waals surface area contributed by atoms with Gasteiger partial charge in [-0.3, -0.25) is 0 Å². The zero-order chi connectivity index (χ0) is 22.6. The molecule has 0 radical (unpaired) electrons. The van der Waals surface area contributed by atoms with E-state index in [1.165, 1.54) is 56.9 Å². The first-order valence-electron chi connectivity index (χ1n) is 13.2. The van der Waals surface area contributed by atoms with Crippen molar-refractivity contribution in [3.8, 4) is 11.8 Å². The van der Waals surface area contributed by atoms with Gasteiger partial charge in [0.25, 0.3) is 0 Å². The molecule has 3 rings (SSSR count). The normalized spacial score (nSPS) is 25.8. The summed E-state index contributed by atoms with van der Waals surface area (Å²) < 4.78 is 5.74. The number of hydrogen-bond donors (Lipinski definition) is 0. The van der Waals surface area contributed by atoms with Crippen LogP contribution in [0.25, 0.3) is 0 Å². The van der Waals surface area contributed by atoms with Crippen LogP contribution >= 0.6 is 0 Å². The highest BCUT2D eigenvalue weighted by atomic mass is 16.5. The summed E-state index contributed by atoms with van der Waals surface area (Å²) in [7, 11) is 0. The van der Waals surface area contributed by atoms with Crippen LogP contribution in [0, 0.1) is 29.6 Å². The minimum atomic E-state index is -0.190. The van der Waals surface area contributed by atoms with E-state index in [-0.39, 0.29) is 12.1 Å². The molecule has 2 nitrogen and oxygen atoms in total. The Hall–Kier alpha value is -2.01. The molecule has 2 saturated carbocycles. The molecular weight excluding hydrogens is 392 g/mol. The van der Waals surface area contributed by atoms with Gasteiger partial charge in [-0.2, -0.15) is 0 Å². The number of rotatable bonds is 8. The van der Waals surface area contributed by atoms with E-state index in [1.54, 1.807) is 0 Å². The highest BCUT2D eigenvalue weighted by Gasteiger charge is 2.23. The highest BCUT2D eigenvalue weighted by Crippen LogP contribution is 2.32. The van der Waals surface area contributed by atoms with Gasteiger partial charge in [0.15, 0.2) is 0 Å². The molecule has 1 aromatic rings. The minimum absolute atomic E-state index is 0.0365. The first-order valence-corrected chi connectivity index (χ1v) is 13.2. The molecular formula is C30H42O2. The Bertz CT molecular complexity index is 763. The second kappa shape index (κ2) is 13.5. The lowest BCUT2D eigenvalue weighted by molar-refractivity contribution is 0.0188. The topological polar surface area (TPSA) is 26.3 Å². The van der Waals surface area contributed by atoms with E-state index in [1.807, 2.05) is 24.3 Å². The highest BCUT2D eigenvalue weighted by molar-refractivity contribution is 5.89. The summed E-state index contributed by atoms with van der Waals surface area (Å²) in [6, 6.07) is 7.78. The predicted molar refractivity (Wildman–Crippen MR) is 133 cm³/mol. The van der Waals surface area contributed by atoms with Crippen LogP contribution in [0.4, 0.5) is 0 Å². The Labute approximate surface area is 196 Å². The van der Waals surface area contributed by atoms with Gasteiger partial charge in [-0.05, 0) is 93.4 Å². The van der Waals surface area contributed by atoms with Gasteiger partial charge >= 0.3 is 5.97 Å². The van der Waals surface area contributed by atoms with Gasteiger partial charge in [0.05, 0.1) is 5.56 Å². The minimum Gasteiger partial charge on any atom is -0.459 e. The molecule has 0 heterocycles. The molecule has 0 aliphatic heterocycles. The standard InChI is InChI=1S/C30H42O2/c1-3-5-6-9-25-12-14-26(15-13-25)10-7-8-11-27-18-22-29(23-19-27)32-30(31)28-20-16-24(4-2)17-21-28/h7,10,16-17,20-21,25-27,29H,3-6,9,12-15,18-19,22-23H2,1-2H3/b10-7+. The van der Waals surface area contributed by atoms with Crippen molar-refractivity contribution in [1.29, 1.82) is 0 Å². The average Bonchev–Trinajstić information content (AvgIpc) is 2.84. The number of aryl methyl sites for hydroxylation is 1. The lowest BCUT2D eigenvalue weighted by atomic mass is 9.79. The van der Waals surface area contributed by atoms with Gasteiger partial charge in [-0.1, -0.05) is 69.6 Å². The molecule has 0 bridgehead atoms. The summed E-state index contributed by atoms with van der Waals surface area (Å²) in [5.41, 5.74) is 1.90. The zero-order valence-electron chi connectivity index (χ0n) is 20.3. The van der Waals surface area contributed by atoms with E-state index in [4.69, 9.17) is 4.74 Å². The third-order valence-corrected chi connectivity index (χ3v) is 7.39. The van der Waals surface area contributed by atoms with E-state index >= 15 is 0 Å². The molecule has 0 unspecified atom stereocenters. The van der Waals surface area contributed by atoms with Gasteiger partial charge in [0, 0.05) is 5.92 Å². The van der Waals surface area contributed by atoms with Crippen LogP contribution in [0.5, 0.6) is 0 Å². The summed E-state index contributed by atoms with van der Waals surface area (Å²) in [5.74, 6) is 8.70. The second-order valence-electron chi connectivity index (χ2n) is 9.85. The number of carbonyl (C=O) groups is 1. The van der Waals surface area contributed by atoms with E-state index in [0.29, 0.717) is 11.5 Å². The van der Waals surface area contributed by atoms with E-state index < -0.39 is 0 Å². The van der Waals surface area contributed by atoms with Gasteiger partial charge < -0.3 is 4.74 Å². The van der Waals surface area contributed by atoms with E-state index in [0.717, 1.165) is 43.9 Å². The maximum absolute atomic E-state index is 12.4. The molecule has 0 N–H and O–H groups in total. The molecule has 0 atom stereocenters. The third kappa shape index (κ3) is 8.16. The van der Waals surface area contributed by atoms with Crippen LogP contribution in [-0.4, -0.2) is 12.1 Å². The fraction of sp³-hybridized carbons (Fsp3) is 0.633. The number of hydrogen-bond acceptors (Lipinski definition) is 2. The Morgan fingerprint density at radius 1 is 0.969 bits per heavy atom. The first-order chi connectivity index (χ1) is 15.7. The maximum atomic E-state index is 12.4. The van der Waals surface area contributed by atoms with Crippen molar-refractivity contribution in [3.05, 3.63) is 47.5 Å². The van der Waals surface area contributed by atoms with Crippen LogP contribution in [0.3, 0.4) is 0 Å². The summed E-state index contributed by atoms with van der Waals surface area (Å²) >= 11 is 0. The summed E-state index contributed by atoms with van der Waals surface area (Å²) in [4.78, 5) is 12.4. The van der Waals surface area contributed by atoms with Crippen molar-refractivity contribution in [3.63, 3.8) is 0 Å². The molecule has 2 heteroatoms. The Balaban J connectivity index is 1.33. The Morgan fingerprint density at radius 3 is 2.34 bits per heavy atom. The SMILES string of the molecule is CCCCCC1CCC(/C=C/C#CC2CCC(OC(=O)c3ccc(CC)cc3)CC2)CC1. The van der Waals surface area contributed by atoms with Crippen LogP contribution in [0.1, 0.15) is 107 Å². The fourth-order valence-corrected chi connectivity index (χ4v) is 5.12. The molecule has 2 fully saturated rings. The molecule has 2 aliphatic carbocycles. The number of benzene rings is 1. The average molecular weight is 435 g/mol. The smallest absolute Gasteiger partial charge is 0.338 e. The zero-order valence-corrected chi connectivity index (χ0v) is 20.3. The Morgan fingerprint density at radius 2 is 1.69 bits per heavy atom. The molecule has 174 valence electrons. The first kappa shape index (κ1) is 24.6. The van der Waals surface area contributed by atoms with Crippen molar-refractivity contribution in [2.75, 3.05) is 0 Å². The van der Waals surface area contributed by atoms with Crippen molar-refractivity contribution >= 4 is 5.97 Å². The maximum Gasteiger partial charge on any atom is 0.338 e. The molecule has 1 aromatic carbocycles. The van der Waals surface area contributed by atoms with Crippen molar-refractivity contribution < 1.29 is 9.53 Å².